The van der Waals surface area contributed by atoms with Crippen molar-refractivity contribution in [1.82, 2.24) is 9.78 Å². The van der Waals surface area contributed by atoms with E-state index in [0.717, 1.165) is 27.0 Å². The van der Waals surface area contributed by atoms with Crippen LogP contribution in [0.25, 0.3) is 5.69 Å². The molecule has 0 radical (unpaired) electrons. The maximum absolute atomic E-state index is 12.6. The quantitative estimate of drug-likeness (QED) is 0.693. The van der Waals surface area contributed by atoms with Gasteiger partial charge in [0.15, 0.2) is 0 Å². The van der Waals surface area contributed by atoms with Gasteiger partial charge in [-0.1, -0.05) is 46.3 Å². The Morgan fingerprint density at radius 3 is 2.50 bits per heavy atom. The molecular formula is C20H15BrN4O. The zero-order valence-electron chi connectivity index (χ0n) is 14.0. The summed E-state index contributed by atoms with van der Waals surface area (Å²) in [5.74, 6) is -0.812. The number of halogens is 1. The first-order valence-electron chi connectivity index (χ1n) is 8.21. The van der Waals surface area contributed by atoms with Gasteiger partial charge in [-0.05, 0) is 36.8 Å². The van der Waals surface area contributed by atoms with E-state index < -0.39 is 5.92 Å². The lowest BCUT2D eigenvalue weighted by Gasteiger charge is -2.28. The highest BCUT2D eigenvalue weighted by atomic mass is 79.9. The van der Waals surface area contributed by atoms with Crippen molar-refractivity contribution in [2.24, 2.45) is 5.92 Å². The Bertz CT molecular complexity index is 1020. The molecule has 0 fully saturated rings. The number of anilines is 1. The average molecular weight is 407 g/mol. The molecule has 1 N–H and O–H groups in total. The summed E-state index contributed by atoms with van der Waals surface area (Å²) in [5, 5.41) is 17.2. The van der Waals surface area contributed by atoms with Crippen molar-refractivity contribution in [3.05, 3.63) is 75.9 Å². The van der Waals surface area contributed by atoms with Crippen LogP contribution in [0.4, 0.5) is 5.82 Å². The van der Waals surface area contributed by atoms with Gasteiger partial charge in [-0.15, -0.1) is 0 Å². The monoisotopic (exact) mass is 406 g/mol. The second-order valence-corrected chi connectivity index (χ2v) is 7.14. The second-order valence-electron chi connectivity index (χ2n) is 6.22. The molecule has 2 aromatic carbocycles. The van der Waals surface area contributed by atoms with Crippen molar-refractivity contribution in [2.75, 3.05) is 5.32 Å². The van der Waals surface area contributed by atoms with Gasteiger partial charge in [0, 0.05) is 16.0 Å². The van der Waals surface area contributed by atoms with Crippen LogP contribution in [0.2, 0.25) is 0 Å². The van der Waals surface area contributed by atoms with Gasteiger partial charge in [-0.2, -0.15) is 10.4 Å². The Morgan fingerprint density at radius 1 is 1.15 bits per heavy atom. The molecule has 2 atom stereocenters. The fourth-order valence-electron chi connectivity index (χ4n) is 3.46. The first-order valence-corrected chi connectivity index (χ1v) is 9.00. The van der Waals surface area contributed by atoms with Gasteiger partial charge in [0.1, 0.15) is 11.7 Å². The van der Waals surface area contributed by atoms with Gasteiger partial charge >= 0.3 is 0 Å². The molecule has 26 heavy (non-hydrogen) atoms. The molecule has 0 aliphatic carbocycles. The predicted molar refractivity (Wildman–Crippen MR) is 102 cm³/mol. The van der Waals surface area contributed by atoms with Gasteiger partial charge in [0.2, 0.25) is 5.91 Å². The van der Waals surface area contributed by atoms with Crippen molar-refractivity contribution in [1.29, 1.82) is 5.26 Å². The lowest BCUT2D eigenvalue weighted by atomic mass is 9.78. The maximum atomic E-state index is 12.6. The Kier molecular flexibility index (Phi) is 4.09. The van der Waals surface area contributed by atoms with Crippen molar-refractivity contribution >= 4 is 27.7 Å². The van der Waals surface area contributed by atoms with Crippen LogP contribution in [0.1, 0.15) is 22.7 Å². The summed E-state index contributed by atoms with van der Waals surface area (Å²) in [6.07, 6.45) is 0. The van der Waals surface area contributed by atoms with E-state index >= 15 is 0 Å². The number of amides is 1. The number of benzene rings is 2. The Balaban J connectivity index is 1.94. The van der Waals surface area contributed by atoms with Gasteiger partial charge < -0.3 is 5.32 Å². The lowest BCUT2D eigenvalue weighted by molar-refractivity contribution is -0.119. The van der Waals surface area contributed by atoms with Gasteiger partial charge in [0.05, 0.1) is 17.5 Å². The third-order valence-electron chi connectivity index (χ3n) is 4.64. The Hall–Kier alpha value is -2.91. The molecule has 2 heterocycles. The van der Waals surface area contributed by atoms with Crippen LogP contribution in [0.5, 0.6) is 0 Å². The summed E-state index contributed by atoms with van der Waals surface area (Å²) in [6.45, 7) is 1.91. The molecule has 0 unspecified atom stereocenters. The summed E-state index contributed by atoms with van der Waals surface area (Å²) in [6, 6.07) is 19.6. The second kappa shape index (κ2) is 6.43. The fraction of sp³-hybridized carbons (Fsp3) is 0.150. The minimum absolute atomic E-state index is 0.301. The molecule has 3 aromatic rings. The van der Waals surface area contributed by atoms with Gasteiger partial charge in [-0.3, -0.25) is 4.79 Å². The van der Waals surface area contributed by atoms with Crippen molar-refractivity contribution < 1.29 is 4.79 Å². The SMILES string of the molecule is Cc1nn(-c2ccccc2)c2c1[C@H](c1ccc(Br)cc1)[C@H](C#N)C(=O)N2. The lowest BCUT2D eigenvalue weighted by Crippen LogP contribution is -2.34. The molecule has 1 amide bonds. The van der Waals surface area contributed by atoms with Crippen LogP contribution in [0.15, 0.2) is 59.1 Å². The molecule has 0 bridgehead atoms. The third kappa shape index (κ3) is 2.61. The fourth-order valence-corrected chi connectivity index (χ4v) is 3.73. The number of nitrogens with one attached hydrogen (secondary N) is 1. The molecule has 128 valence electrons. The number of para-hydroxylation sites is 1. The van der Waals surface area contributed by atoms with E-state index in [4.69, 9.17) is 0 Å². The number of aryl methyl sites for hydroxylation is 1. The summed E-state index contributed by atoms with van der Waals surface area (Å²) >= 11 is 3.43. The normalized spacial score (nSPS) is 18.7. The van der Waals surface area contributed by atoms with Crippen LogP contribution < -0.4 is 5.32 Å². The van der Waals surface area contributed by atoms with Crippen LogP contribution in [0, 0.1) is 24.2 Å². The molecule has 1 aliphatic heterocycles. The zero-order valence-corrected chi connectivity index (χ0v) is 15.6. The van der Waals surface area contributed by atoms with Crippen molar-refractivity contribution in [2.45, 2.75) is 12.8 Å². The van der Waals surface area contributed by atoms with Crippen LogP contribution in [-0.2, 0) is 4.79 Å². The van der Waals surface area contributed by atoms with E-state index in [2.05, 4.69) is 32.4 Å². The number of nitriles is 1. The maximum Gasteiger partial charge on any atom is 0.243 e. The highest BCUT2D eigenvalue weighted by molar-refractivity contribution is 9.10. The molecule has 6 heteroatoms. The number of hydrogen-bond acceptors (Lipinski definition) is 3. The van der Waals surface area contributed by atoms with Crippen molar-refractivity contribution in [3.8, 4) is 11.8 Å². The van der Waals surface area contributed by atoms with E-state index in [1.165, 1.54) is 0 Å². The topological polar surface area (TPSA) is 70.7 Å². The minimum Gasteiger partial charge on any atom is -0.309 e. The predicted octanol–water partition coefficient (Wildman–Crippen LogP) is 4.17. The molecule has 1 aliphatic rings. The molecule has 0 spiro atoms. The number of rotatable bonds is 2. The van der Waals surface area contributed by atoms with E-state index in [1.807, 2.05) is 61.5 Å². The Labute approximate surface area is 159 Å². The standard InChI is InChI=1S/C20H15BrN4O/c1-12-17-18(13-7-9-14(21)10-8-13)16(11-22)20(26)23-19(17)25(24-12)15-5-3-2-4-6-15/h2-10,16,18H,1H3,(H,23,26)/t16-,18+/m0/s1. The molecular weight excluding hydrogens is 392 g/mol. The first-order chi connectivity index (χ1) is 12.6. The van der Waals surface area contributed by atoms with E-state index in [9.17, 15) is 10.1 Å². The van der Waals surface area contributed by atoms with E-state index in [1.54, 1.807) is 4.68 Å². The highest BCUT2D eigenvalue weighted by Crippen LogP contribution is 2.43. The van der Waals surface area contributed by atoms with Crippen LogP contribution in [-0.4, -0.2) is 15.7 Å². The first kappa shape index (κ1) is 16.6. The third-order valence-corrected chi connectivity index (χ3v) is 5.17. The number of carbonyl (C=O) groups is 1. The van der Waals surface area contributed by atoms with Gasteiger partial charge in [-0.25, -0.2) is 4.68 Å². The number of nitrogens with zero attached hydrogens (tertiary/aromatic N) is 3. The smallest absolute Gasteiger partial charge is 0.243 e. The number of fused-ring (bicyclic) bond motifs is 1. The van der Waals surface area contributed by atoms with E-state index in [-0.39, 0.29) is 11.8 Å². The van der Waals surface area contributed by atoms with Crippen molar-refractivity contribution in [3.63, 3.8) is 0 Å². The molecule has 4 rings (SSSR count). The molecule has 5 nitrogen and oxygen atoms in total. The largest absolute Gasteiger partial charge is 0.309 e. The number of carbonyl (C=O) groups excluding carboxylic acids is 1. The summed E-state index contributed by atoms with van der Waals surface area (Å²) in [5.41, 5.74) is 3.48. The number of aromatic nitrogens is 2. The highest BCUT2D eigenvalue weighted by Gasteiger charge is 2.41. The Morgan fingerprint density at radius 2 is 1.85 bits per heavy atom. The molecule has 1 aromatic heterocycles. The van der Waals surface area contributed by atoms with Crippen LogP contribution in [0.3, 0.4) is 0 Å². The summed E-state index contributed by atoms with van der Waals surface area (Å²) < 4.78 is 2.69. The average Bonchev–Trinajstić information content (AvgIpc) is 2.98. The van der Waals surface area contributed by atoms with E-state index in [0.29, 0.717) is 5.82 Å². The van der Waals surface area contributed by atoms with Gasteiger partial charge in [0.25, 0.3) is 0 Å². The molecule has 0 saturated heterocycles. The molecule has 0 saturated carbocycles. The minimum atomic E-state index is -0.796. The van der Waals surface area contributed by atoms with Crippen LogP contribution >= 0.6 is 15.9 Å². The summed E-state index contributed by atoms with van der Waals surface area (Å²) in [4.78, 5) is 12.6. The number of hydrogen-bond donors (Lipinski definition) is 1. The zero-order chi connectivity index (χ0) is 18.3. The summed E-state index contributed by atoms with van der Waals surface area (Å²) in [7, 11) is 0.